The lowest BCUT2D eigenvalue weighted by molar-refractivity contribution is -0.140. The number of aromatic amines is 1. The first kappa shape index (κ1) is 10.2. The van der Waals surface area contributed by atoms with Crippen molar-refractivity contribution >= 4 is 17.3 Å². The van der Waals surface area contributed by atoms with Crippen LogP contribution in [-0.4, -0.2) is 16.1 Å². The van der Waals surface area contributed by atoms with E-state index in [0.717, 1.165) is 0 Å². The van der Waals surface area contributed by atoms with E-state index in [4.69, 9.17) is 17.3 Å². The van der Waals surface area contributed by atoms with Crippen LogP contribution < -0.4 is 5.73 Å². The second kappa shape index (κ2) is 3.45. The lowest BCUT2D eigenvalue weighted by Crippen LogP contribution is -2.08. The Balaban J connectivity index is 2.99. The number of hydrogen-bond donors (Lipinski definition) is 2. The standard InChI is InChI=1S/C6H7ClF3N3/c7-2-1-3-4(11)5(13-12-3)6(8,9)10/h1-2,11H2,(H,12,13). The summed E-state index contributed by atoms with van der Waals surface area (Å²) in [5.74, 6) is 0.198. The van der Waals surface area contributed by atoms with Crippen molar-refractivity contribution in [2.45, 2.75) is 12.6 Å². The van der Waals surface area contributed by atoms with Gasteiger partial charge in [-0.05, 0) is 0 Å². The molecule has 74 valence electrons. The largest absolute Gasteiger partial charge is 0.437 e. The van der Waals surface area contributed by atoms with Crippen LogP contribution in [0.2, 0.25) is 0 Å². The predicted octanol–water partition coefficient (Wildman–Crippen LogP) is 1.79. The Bertz CT molecular complexity index is 294. The average molecular weight is 214 g/mol. The van der Waals surface area contributed by atoms with Crippen molar-refractivity contribution in [3.63, 3.8) is 0 Å². The Morgan fingerprint density at radius 1 is 1.46 bits per heavy atom. The lowest BCUT2D eigenvalue weighted by atomic mass is 10.2. The summed E-state index contributed by atoms with van der Waals surface area (Å²) >= 11 is 5.35. The predicted molar refractivity (Wildman–Crippen MR) is 42.4 cm³/mol. The summed E-state index contributed by atoms with van der Waals surface area (Å²) in [6.45, 7) is 0. The van der Waals surface area contributed by atoms with Gasteiger partial charge in [0.15, 0.2) is 5.69 Å². The normalized spacial score (nSPS) is 12.0. The van der Waals surface area contributed by atoms with Gasteiger partial charge in [-0.2, -0.15) is 18.3 Å². The summed E-state index contributed by atoms with van der Waals surface area (Å²) in [5.41, 5.74) is 3.98. The van der Waals surface area contributed by atoms with Gasteiger partial charge in [0.25, 0.3) is 0 Å². The molecule has 0 aliphatic carbocycles. The number of rotatable bonds is 2. The van der Waals surface area contributed by atoms with Gasteiger partial charge >= 0.3 is 6.18 Å². The number of aromatic nitrogens is 2. The molecule has 1 aromatic heterocycles. The number of nitrogens with one attached hydrogen (secondary N) is 1. The van der Waals surface area contributed by atoms with E-state index >= 15 is 0 Å². The minimum Gasteiger partial charge on any atom is -0.395 e. The quantitative estimate of drug-likeness (QED) is 0.736. The molecule has 1 aromatic rings. The first-order chi connectivity index (χ1) is 5.96. The van der Waals surface area contributed by atoms with Gasteiger partial charge in [0.1, 0.15) is 0 Å². The fraction of sp³-hybridized carbons (Fsp3) is 0.500. The molecule has 3 nitrogen and oxygen atoms in total. The van der Waals surface area contributed by atoms with E-state index in [1.165, 1.54) is 0 Å². The van der Waals surface area contributed by atoms with Crippen LogP contribution in [0.5, 0.6) is 0 Å². The van der Waals surface area contributed by atoms with Crippen LogP contribution in [0.4, 0.5) is 18.9 Å². The highest BCUT2D eigenvalue weighted by Gasteiger charge is 2.37. The summed E-state index contributed by atoms with van der Waals surface area (Å²) in [7, 11) is 0. The van der Waals surface area contributed by atoms with Gasteiger partial charge in [0, 0.05) is 12.3 Å². The smallest absolute Gasteiger partial charge is 0.395 e. The highest BCUT2D eigenvalue weighted by atomic mass is 35.5. The van der Waals surface area contributed by atoms with E-state index in [1.807, 2.05) is 0 Å². The Hall–Kier alpha value is -0.910. The third-order valence-corrected chi connectivity index (χ3v) is 1.68. The van der Waals surface area contributed by atoms with Crippen LogP contribution in [0.15, 0.2) is 0 Å². The molecule has 0 aliphatic heterocycles. The second-order valence-electron chi connectivity index (χ2n) is 2.40. The zero-order valence-electron chi connectivity index (χ0n) is 6.45. The van der Waals surface area contributed by atoms with Crippen molar-refractivity contribution in [3.8, 4) is 0 Å². The Morgan fingerprint density at radius 3 is 2.46 bits per heavy atom. The molecule has 0 fully saturated rings. The molecule has 1 rings (SSSR count). The molecule has 0 bridgehead atoms. The summed E-state index contributed by atoms with van der Waals surface area (Å²) in [4.78, 5) is 0. The molecule has 0 aliphatic rings. The fourth-order valence-corrected chi connectivity index (χ4v) is 1.08. The minimum atomic E-state index is -4.51. The van der Waals surface area contributed by atoms with Gasteiger partial charge in [-0.15, -0.1) is 11.6 Å². The summed E-state index contributed by atoms with van der Waals surface area (Å²) in [6, 6.07) is 0. The molecule has 0 saturated carbocycles. The van der Waals surface area contributed by atoms with Gasteiger partial charge in [0.2, 0.25) is 0 Å². The van der Waals surface area contributed by atoms with Crippen molar-refractivity contribution in [1.29, 1.82) is 0 Å². The molecule has 0 radical (unpaired) electrons. The number of aryl methyl sites for hydroxylation is 1. The fourth-order valence-electron chi connectivity index (χ4n) is 0.888. The number of H-pyrrole nitrogens is 1. The number of halogens is 4. The SMILES string of the molecule is Nc1c(C(F)(F)F)n[nH]c1CCCl. The van der Waals surface area contributed by atoms with Crippen molar-refractivity contribution in [2.24, 2.45) is 0 Å². The Labute approximate surface area is 77.1 Å². The Morgan fingerprint density at radius 2 is 2.08 bits per heavy atom. The zero-order chi connectivity index (χ0) is 10.1. The monoisotopic (exact) mass is 213 g/mol. The van der Waals surface area contributed by atoms with Gasteiger partial charge in [-0.1, -0.05) is 0 Å². The van der Waals surface area contributed by atoms with Gasteiger partial charge in [0.05, 0.1) is 11.4 Å². The van der Waals surface area contributed by atoms with Crippen LogP contribution in [0, 0.1) is 0 Å². The molecular formula is C6H7ClF3N3. The summed E-state index contributed by atoms with van der Waals surface area (Å²) in [6.07, 6.45) is -4.26. The van der Waals surface area contributed by atoms with Crippen molar-refractivity contribution in [1.82, 2.24) is 10.2 Å². The maximum atomic E-state index is 12.1. The van der Waals surface area contributed by atoms with E-state index in [9.17, 15) is 13.2 Å². The first-order valence-corrected chi connectivity index (χ1v) is 3.96. The molecule has 0 amide bonds. The second-order valence-corrected chi connectivity index (χ2v) is 2.78. The van der Waals surface area contributed by atoms with E-state index in [1.54, 1.807) is 0 Å². The van der Waals surface area contributed by atoms with Crippen molar-refractivity contribution in [2.75, 3.05) is 11.6 Å². The Kier molecular flexibility index (Phi) is 2.70. The number of alkyl halides is 4. The van der Waals surface area contributed by atoms with Crippen LogP contribution in [0.25, 0.3) is 0 Å². The van der Waals surface area contributed by atoms with Crippen molar-refractivity contribution in [3.05, 3.63) is 11.4 Å². The third kappa shape index (κ3) is 2.06. The van der Waals surface area contributed by atoms with Crippen molar-refractivity contribution < 1.29 is 13.2 Å². The molecule has 13 heavy (non-hydrogen) atoms. The van der Waals surface area contributed by atoms with Gasteiger partial charge in [-0.25, -0.2) is 0 Å². The lowest BCUT2D eigenvalue weighted by Gasteiger charge is -2.02. The maximum Gasteiger partial charge on any atom is 0.437 e. The average Bonchev–Trinajstić information content (AvgIpc) is 2.32. The molecule has 7 heteroatoms. The number of hydrogen-bond acceptors (Lipinski definition) is 2. The van der Waals surface area contributed by atoms with Gasteiger partial charge < -0.3 is 5.73 Å². The number of anilines is 1. The molecule has 0 aromatic carbocycles. The maximum absolute atomic E-state index is 12.1. The van der Waals surface area contributed by atoms with E-state index < -0.39 is 11.9 Å². The molecule has 0 saturated heterocycles. The molecular weight excluding hydrogens is 207 g/mol. The molecule has 1 heterocycles. The third-order valence-electron chi connectivity index (χ3n) is 1.50. The molecule has 3 N–H and O–H groups in total. The molecule has 0 atom stereocenters. The van der Waals surface area contributed by atoms with Crippen LogP contribution in [-0.2, 0) is 12.6 Å². The van der Waals surface area contributed by atoms with E-state index in [-0.39, 0.29) is 23.7 Å². The zero-order valence-corrected chi connectivity index (χ0v) is 7.21. The minimum absolute atomic E-state index is 0.198. The summed E-state index contributed by atoms with van der Waals surface area (Å²) in [5, 5.41) is 5.27. The number of nitrogen functional groups attached to an aromatic ring is 1. The highest BCUT2D eigenvalue weighted by Crippen LogP contribution is 2.33. The first-order valence-electron chi connectivity index (χ1n) is 3.42. The molecule has 0 spiro atoms. The van der Waals surface area contributed by atoms with Crippen LogP contribution in [0.3, 0.4) is 0 Å². The number of nitrogens with zero attached hydrogens (tertiary/aromatic N) is 1. The van der Waals surface area contributed by atoms with Crippen LogP contribution >= 0.6 is 11.6 Å². The van der Waals surface area contributed by atoms with Crippen LogP contribution in [0.1, 0.15) is 11.4 Å². The van der Waals surface area contributed by atoms with Gasteiger partial charge in [-0.3, -0.25) is 5.10 Å². The molecule has 0 unspecified atom stereocenters. The highest BCUT2D eigenvalue weighted by molar-refractivity contribution is 6.18. The van der Waals surface area contributed by atoms with E-state index in [0.29, 0.717) is 0 Å². The summed E-state index contributed by atoms with van der Waals surface area (Å²) < 4.78 is 36.3. The number of nitrogens with two attached hydrogens (primary N) is 1. The topological polar surface area (TPSA) is 54.7 Å². The van der Waals surface area contributed by atoms with E-state index in [2.05, 4.69) is 10.2 Å².